The van der Waals surface area contributed by atoms with Crippen LogP contribution in [0.1, 0.15) is 21.5 Å². The van der Waals surface area contributed by atoms with E-state index in [1.54, 1.807) is 54.6 Å². The minimum absolute atomic E-state index is 0.166. The number of carbonyl (C=O) groups excluding carboxylic acids is 2. The van der Waals surface area contributed by atoms with Gasteiger partial charge in [-0.05, 0) is 59.7 Å². The van der Waals surface area contributed by atoms with Crippen LogP contribution < -0.4 is 5.32 Å². The number of carbonyl (C=O) groups is 2. The van der Waals surface area contributed by atoms with Crippen molar-refractivity contribution in [3.63, 3.8) is 0 Å². The Kier molecular flexibility index (Phi) is 7.32. The standard InChI is InChI=1S/C24H17Br2NO5S2/c1-32-24(29)15-7-5-14(6-8-15)11-22-23(28)27-20-10-9-16(12-21(20)33-22)34(30,31)13-17-18(25)3-2-4-19(17)26/h2-12H,13H2,1H3,(H,27,28)/b22-11+. The first-order chi connectivity index (χ1) is 16.2. The number of anilines is 1. The second-order valence-corrected chi connectivity index (χ2v) is 12.1. The van der Waals surface area contributed by atoms with Gasteiger partial charge in [-0.2, -0.15) is 0 Å². The molecule has 0 saturated heterocycles. The lowest BCUT2D eigenvalue weighted by molar-refractivity contribution is -0.112. The zero-order valence-corrected chi connectivity index (χ0v) is 22.5. The minimum Gasteiger partial charge on any atom is -0.465 e. The fourth-order valence-corrected chi connectivity index (χ4v) is 7.40. The number of ether oxygens (including phenoxy) is 1. The molecule has 0 aromatic heterocycles. The van der Waals surface area contributed by atoms with Crippen LogP contribution in [0.5, 0.6) is 0 Å². The highest BCUT2D eigenvalue weighted by molar-refractivity contribution is 9.11. The Morgan fingerprint density at radius 1 is 1.06 bits per heavy atom. The van der Waals surface area contributed by atoms with E-state index in [1.807, 2.05) is 6.07 Å². The van der Waals surface area contributed by atoms with E-state index in [4.69, 9.17) is 4.74 Å². The van der Waals surface area contributed by atoms with Gasteiger partial charge in [0.1, 0.15) is 0 Å². The van der Waals surface area contributed by atoms with Crippen molar-refractivity contribution in [3.8, 4) is 0 Å². The van der Waals surface area contributed by atoms with Crippen molar-refractivity contribution in [1.29, 1.82) is 0 Å². The summed E-state index contributed by atoms with van der Waals surface area (Å²) in [7, 11) is -2.34. The Balaban J connectivity index is 1.62. The molecule has 174 valence electrons. The molecular weight excluding hydrogens is 606 g/mol. The molecule has 0 bridgehead atoms. The Hall–Kier alpha value is -2.40. The van der Waals surface area contributed by atoms with Crippen LogP contribution in [0.15, 0.2) is 84.3 Å². The zero-order chi connectivity index (χ0) is 24.5. The molecule has 0 atom stereocenters. The number of sulfone groups is 1. The molecule has 1 amide bonds. The van der Waals surface area contributed by atoms with Gasteiger partial charge in [0.2, 0.25) is 0 Å². The molecule has 1 N–H and O–H groups in total. The summed E-state index contributed by atoms with van der Waals surface area (Å²) in [5, 5.41) is 2.80. The van der Waals surface area contributed by atoms with Crippen molar-refractivity contribution in [3.05, 3.63) is 91.2 Å². The summed E-state index contributed by atoms with van der Waals surface area (Å²) in [4.78, 5) is 25.4. The summed E-state index contributed by atoms with van der Waals surface area (Å²) in [6.07, 6.45) is 1.68. The van der Waals surface area contributed by atoms with Gasteiger partial charge in [-0.1, -0.05) is 61.8 Å². The molecule has 0 fully saturated rings. The van der Waals surface area contributed by atoms with Gasteiger partial charge in [0, 0.05) is 13.8 Å². The van der Waals surface area contributed by atoms with Gasteiger partial charge in [0.25, 0.3) is 5.91 Å². The average molecular weight is 623 g/mol. The largest absolute Gasteiger partial charge is 0.465 e. The quantitative estimate of drug-likeness (QED) is 0.275. The Morgan fingerprint density at radius 2 is 1.74 bits per heavy atom. The molecule has 0 aliphatic carbocycles. The van der Waals surface area contributed by atoms with E-state index >= 15 is 0 Å². The lowest BCUT2D eigenvalue weighted by atomic mass is 10.1. The van der Waals surface area contributed by atoms with E-state index in [-0.39, 0.29) is 16.6 Å². The van der Waals surface area contributed by atoms with Crippen molar-refractivity contribution in [2.45, 2.75) is 15.5 Å². The highest BCUT2D eigenvalue weighted by Gasteiger charge is 2.25. The third kappa shape index (κ3) is 5.30. The summed E-state index contributed by atoms with van der Waals surface area (Å²) in [6, 6.07) is 16.7. The van der Waals surface area contributed by atoms with Crippen LogP contribution >= 0.6 is 43.6 Å². The number of amides is 1. The Labute approximate surface area is 218 Å². The van der Waals surface area contributed by atoms with Gasteiger partial charge >= 0.3 is 5.97 Å². The zero-order valence-electron chi connectivity index (χ0n) is 17.7. The van der Waals surface area contributed by atoms with Crippen molar-refractivity contribution in [1.82, 2.24) is 0 Å². The molecule has 3 aromatic carbocycles. The topological polar surface area (TPSA) is 89.5 Å². The fraction of sp³-hybridized carbons (Fsp3) is 0.0833. The molecule has 0 spiro atoms. The summed E-state index contributed by atoms with van der Waals surface area (Å²) in [5.74, 6) is -0.913. The maximum atomic E-state index is 13.1. The molecule has 6 nitrogen and oxygen atoms in total. The number of hydrogen-bond acceptors (Lipinski definition) is 6. The number of rotatable bonds is 5. The van der Waals surface area contributed by atoms with Gasteiger partial charge in [0.15, 0.2) is 9.84 Å². The monoisotopic (exact) mass is 621 g/mol. The van der Waals surface area contributed by atoms with Gasteiger partial charge < -0.3 is 10.1 Å². The van der Waals surface area contributed by atoms with Crippen LogP contribution in [0.25, 0.3) is 6.08 Å². The molecule has 1 heterocycles. The van der Waals surface area contributed by atoms with Gasteiger partial charge in [-0.15, -0.1) is 0 Å². The van der Waals surface area contributed by atoms with E-state index in [1.165, 1.54) is 24.9 Å². The van der Waals surface area contributed by atoms with Crippen molar-refractivity contribution in [2.75, 3.05) is 12.4 Å². The highest BCUT2D eigenvalue weighted by atomic mass is 79.9. The van der Waals surface area contributed by atoms with E-state index in [2.05, 4.69) is 37.2 Å². The number of hydrogen-bond donors (Lipinski definition) is 1. The number of nitrogens with one attached hydrogen (secondary N) is 1. The fourth-order valence-electron chi connectivity index (χ4n) is 3.26. The molecule has 0 saturated carbocycles. The molecular formula is C24H17Br2NO5S2. The van der Waals surface area contributed by atoms with Crippen LogP contribution in [-0.2, 0) is 25.1 Å². The average Bonchev–Trinajstić information content (AvgIpc) is 2.81. The lowest BCUT2D eigenvalue weighted by Gasteiger charge is -2.19. The van der Waals surface area contributed by atoms with E-state index in [9.17, 15) is 18.0 Å². The molecule has 34 heavy (non-hydrogen) atoms. The SMILES string of the molecule is COC(=O)c1ccc(/C=C2/Sc3cc(S(=O)(=O)Cc4c(Br)cccc4Br)ccc3NC2=O)cc1. The molecule has 3 aromatic rings. The van der Waals surface area contributed by atoms with Crippen LogP contribution in [0, 0.1) is 0 Å². The third-order valence-corrected chi connectivity index (χ3v) is 9.24. The van der Waals surface area contributed by atoms with Crippen LogP contribution in [-0.4, -0.2) is 27.4 Å². The molecule has 1 aliphatic rings. The highest BCUT2D eigenvalue weighted by Crippen LogP contribution is 2.40. The van der Waals surface area contributed by atoms with Gasteiger partial charge in [0.05, 0.1) is 33.9 Å². The van der Waals surface area contributed by atoms with Crippen LogP contribution in [0.2, 0.25) is 0 Å². The first-order valence-corrected chi connectivity index (χ1v) is 13.9. The van der Waals surface area contributed by atoms with Crippen molar-refractivity contribution < 1.29 is 22.7 Å². The smallest absolute Gasteiger partial charge is 0.337 e. The Bertz CT molecular complexity index is 1410. The maximum Gasteiger partial charge on any atom is 0.337 e. The predicted octanol–water partition coefficient (Wildman–Crippen LogP) is 6.06. The second kappa shape index (κ2) is 10.1. The third-order valence-electron chi connectivity index (χ3n) is 5.03. The predicted molar refractivity (Wildman–Crippen MR) is 139 cm³/mol. The van der Waals surface area contributed by atoms with Gasteiger partial charge in [-0.25, -0.2) is 13.2 Å². The number of esters is 1. The van der Waals surface area contributed by atoms with E-state index in [0.29, 0.717) is 35.6 Å². The number of benzene rings is 3. The van der Waals surface area contributed by atoms with Crippen molar-refractivity contribution in [2.24, 2.45) is 0 Å². The first-order valence-electron chi connectivity index (χ1n) is 9.87. The van der Waals surface area contributed by atoms with E-state index < -0.39 is 15.8 Å². The van der Waals surface area contributed by atoms with E-state index in [0.717, 1.165) is 5.56 Å². The molecule has 0 unspecified atom stereocenters. The maximum absolute atomic E-state index is 13.1. The number of halogens is 2. The lowest BCUT2D eigenvalue weighted by Crippen LogP contribution is -2.17. The van der Waals surface area contributed by atoms with Gasteiger partial charge in [-0.3, -0.25) is 4.79 Å². The number of fused-ring (bicyclic) bond motifs is 1. The summed E-state index contributed by atoms with van der Waals surface area (Å²) < 4.78 is 32.4. The molecule has 10 heteroatoms. The van der Waals surface area contributed by atoms with Crippen LogP contribution in [0.4, 0.5) is 5.69 Å². The minimum atomic E-state index is -3.65. The van der Waals surface area contributed by atoms with Crippen molar-refractivity contribution >= 4 is 77.1 Å². The second-order valence-electron chi connectivity index (χ2n) is 7.30. The normalized spacial score (nSPS) is 14.4. The number of thioether (sulfide) groups is 1. The Morgan fingerprint density at radius 3 is 2.38 bits per heavy atom. The summed E-state index contributed by atoms with van der Waals surface area (Å²) in [5.41, 5.74) is 2.31. The molecule has 0 radical (unpaired) electrons. The summed E-state index contributed by atoms with van der Waals surface area (Å²) >= 11 is 8.02. The van der Waals surface area contributed by atoms with Crippen LogP contribution in [0.3, 0.4) is 0 Å². The molecule has 1 aliphatic heterocycles. The number of methoxy groups -OCH3 is 1. The molecule has 4 rings (SSSR count). The first kappa shape index (κ1) is 24.7. The summed E-state index contributed by atoms with van der Waals surface area (Å²) in [6.45, 7) is 0.